The molecule has 1 aromatic carbocycles. The number of benzene rings is 1. The average Bonchev–Trinajstić information content (AvgIpc) is 2.96. The van der Waals surface area contributed by atoms with Crippen LogP contribution in [-0.4, -0.2) is 25.3 Å². The highest BCUT2D eigenvalue weighted by atomic mass is 16.6. The van der Waals surface area contributed by atoms with Crippen LogP contribution in [0, 0.1) is 11.3 Å². The summed E-state index contributed by atoms with van der Waals surface area (Å²) in [7, 11) is 0. The zero-order valence-electron chi connectivity index (χ0n) is 10.5. The van der Waals surface area contributed by atoms with E-state index in [0.29, 0.717) is 6.61 Å². The molecule has 0 N–H and O–H groups in total. The van der Waals surface area contributed by atoms with Crippen molar-refractivity contribution in [1.82, 2.24) is 0 Å². The van der Waals surface area contributed by atoms with Crippen molar-refractivity contribution >= 4 is 12.0 Å². The Morgan fingerprint density at radius 3 is 2.89 bits per heavy atom. The van der Waals surface area contributed by atoms with Gasteiger partial charge in [0.1, 0.15) is 18.2 Å². The van der Waals surface area contributed by atoms with Gasteiger partial charge in [-0.25, -0.2) is 4.79 Å². The lowest BCUT2D eigenvalue weighted by Gasteiger charge is -2.09. The van der Waals surface area contributed by atoms with Gasteiger partial charge in [-0.3, -0.25) is 0 Å². The van der Waals surface area contributed by atoms with Crippen LogP contribution in [0.4, 0.5) is 0 Å². The Labute approximate surface area is 112 Å². The molecule has 1 aliphatic rings. The zero-order valence-corrected chi connectivity index (χ0v) is 10.5. The first-order valence-corrected chi connectivity index (χ1v) is 6.25. The Balaban J connectivity index is 1.95. The SMILES string of the molecule is N#C/C(=C/c1ccccc1)C(=O)OC[C@H]1CCCO1. The highest BCUT2D eigenvalue weighted by molar-refractivity contribution is 5.97. The van der Waals surface area contributed by atoms with E-state index in [1.165, 1.54) is 6.08 Å². The quantitative estimate of drug-likeness (QED) is 0.472. The first-order chi connectivity index (χ1) is 9.29. The van der Waals surface area contributed by atoms with Gasteiger partial charge in [0.25, 0.3) is 0 Å². The number of nitrogens with zero attached hydrogens (tertiary/aromatic N) is 1. The largest absolute Gasteiger partial charge is 0.459 e. The van der Waals surface area contributed by atoms with E-state index in [1.807, 2.05) is 36.4 Å². The second kappa shape index (κ2) is 6.72. The molecule has 4 heteroatoms. The van der Waals surface area contributed by atoms with E-state index in [0.717, 1.165) is 18.4 Å². The number of hydrogen-bond acceptors (Lipinski definition) is 4. The van der Waals surface area contributed by atoms with Gasteiger partial charge in [-0.05, 0) is 24.5 Å². The predicted octanol–water partition coefficient (Wildman–Crippen LogP) is 2.32. The van der Waals surface area contributed by atoms with Crippen LogP contribution >= 0.6 is 0 Å². The Bertz CT molecular complexity index is 496. The molecule has 19 heavy (non-hydrogen) atoms. The van der Waals surface area contributed by atoms with Gasteiger partial charge in [-0.15, -0.1) is 0 Å². The van der Waals surface area contributed by atoms with E-state index in [-0.39, 0.29) is 18.3 Å². The van der Waals surface area contributed by atoms with E-state index in [9.17, 15) is 4.79 Å². The Morgan fingerprint density at radius 2 is 2.26 bits per heavy atom. The third kappa shape index (κ3) is 3.94. The maximum Gasteiger partial charge on any atom is 0.348 e. The van der Waals surface area contributed by atoms with Crippen LogP contribution in [0.5, 0.6) is 0 Å². The molecule has 1 aliphatic heterocycles. The summed E-state index contributed by atoms with van der Waals surface area (Å²) in [6.45, 7) is 0.930. The molecule has 0 amide bonds. The molecule has 1 heterocycles. The first kappa shape index (κ1) is 13.3. The Morgan fingerprint density at radius 1 is 1.47 bits per heavy atom. The fourth-order valence-corrected chi connectivity index (χ4v) is 1.87. The van der Waals surface area contributed by atoms with Crippen molar-refractivity contribution in [3.8, 4) is 6.07 Å². The molecule has 1 aromatic rings. The summed E-state index contributed by atoms with van der Waals surface area (Å²) in [5.74, 6) is -0.596. The number of carbonyl (C=O) groups is 1. The zero-order chi connectivity index (χ0) is 13.5. The Hall–Kier alpha value is -2.12. The fourth-order valence-electron chi connectivity index (χ4n) is 1.87. The van der Waals surface area contributed by atoms with E-state index in [1.54, 1.807) is 0 Å². The van der Waals surface area contributed by atoms with Gasteiger partial charge in [-0.2, -0.15) is 5.26 Å². The topological polar surface area (TPSA) is 59.3 Å². The fraction of sp³-hybridized carbons (Fsp3) is 0.333. The van der Waals surface area contributed by atoms with E-state index in [4.69, 9.17) is 14.7 Å². The van der Waals surface area contributed by atoms with Crippen LogP contribution in [0.3, 0.4) is 0 Å². The van der Waals surface area contributed by atoms with Crippen molar-refractivity contribution in [3.63, 3.8) is 0 Å². The average molecular weight is 257 g/mol. The lowest BCUT2D eigenvalue weighted by atomic mass is 10.1. The summed E-state index contributed by atoms with van der Waals surface area (Å²) in [4.78, 5) is 11.8. The molecule has 1 fully saturated rings. The molecule has 1 saturated heterocycles. The molecule has 0 spiro atoms. The molecule has 2 rings (SSSR count). The number of hydrogen-bond donors (Lipinski definition) is 0. The first-order valence-electron chi connectivity index (χ1n) is 6.25. The summed E-state index contributed by atoms with van der Waals surface area (Å²) in [5, 5.41) is 9.00. The summed E-state index contributed by atoms with van der Waals surface area (Å²) in [6, 6.07) is 11.1. The summed E-state index contributed by atoms with van der Waals surface area (Å²) in [5.41, 5.74) is 0.803. The van der Waals surface area contributed by atoms with E-state index in [2.05, 4.69) is 0 Å². The van der Waals surface area contributed by atoms with Gasteiger partial charge in [-0.1, -0.05) is 30.3 Å². The smallest absolute Gasteiger partial charge is 0.348 e. The van der Waals surface area contributed by atoms with Crippen LogP contribution in [0.1, 0.15) is 18.4 Å². The molecule has 0 radical (unpaired) electrons. The van der Waals surface area contributed by atoms with Crippen molar-refractivity contribution in [2.45, 2.75) is 18.9 Å². The third-order valence-electron chi connectivity index (χ3n) is 2.88. The standard InChI is InChI=1S/C15H15NO3/c16-10-13(9-12-5-2-1-3-6-12)15(17)19-11-14-7-4-8-18-14/h1-3,5-6,9,14H,4,7-8,11H2/b13-9-/t14-/m1/s1. The molecule has 0 saturated carbocycles. The second-order valence-electron chi connectivity index (χ2n) is 4.31. The van der Waals surface area contributed by atoms with Crippen LogP contribution in [0.2, 0.25) is 0 Å². The van der Waals surface area contributed by atoms with E-state index >= 15 is 0 Å². The van der Waals surface area contributed by atoms with Crippen molar-refractivity contribution in [3.05, 3.63) is 41.5 Å². The lowest BCUT2D eigenvalue weighted by Crippen LogP contribution is -2.18. The molecule has 0 aliphatic carbocycles. The molecule has 1 atom stereocenters. The maximum absolute atomic E-state index is 11.8. The summed E-state index contributed by atoms with van der Waals surface area (Å²) < 4.78 is 10.5. The van der Waals surface area contributed by atoms with Crippen LogP contribution < -0.4 is 0 Å². The monoisotopic (exact) mass is 257 g/mol. The van der Waals surface area contributed by atoms with Gasteiger partial charge in [0, 0.05) is 6.61 Å². The van der Waals surface area contributed by atoms with Crippen LogP contribution in [0.15, 0.2) is 35.9 Å². The molecule has 98 valence electrons. The molecule has 4 nitrogen and oxygen atoms in total. The second-order valence-corrected chi connectivity index (χ2v) is 4.31. The minimum atomic E-state index is -0.596. The Kier molecular flexibility index (Phi) is 4.71. The van der Waals surface area contributed by atoms with Gasteiger partial charge in [0.2, 0.25) is 0 Å². The maximum atomic E-state index is 11.8. The lowest BCUT2D eigenvalue weighted by molar-refractivity contribution is -0.141. The molecule has 0 aromatic heterocycles. The third-order valence-corrected chi connectivity index (χ3v) is 2.88. The minimum absolute atomic E-state index is 0.00389. The van der Waals surface area contributed by atoms with Crippen LogP contribution in [-0.2, 0) is 14.3 Å². The predicted molar refractivity (Wildman–Crippen MR) is 70.0 cm³/mol. The molecular formula is C15H15NO3. The van der Waals surface area contributed by atoms with Crippen LogP contribution in [0.25, 0.3) is 6.08 Å². The number of esters is 1. The number of carbonyl (C=O) groups excluding carboxylic acids is 1. The molecular weight excluding hydrogens is 242 g/mol. The number of rotatable bonds is 4. The van der Waals surface area contributed by atoms with E-state index < -0.39 is 5.97 Å². The summed E-state index contributed by atoms with van der Waals surface area (Å²) in [6.07, 6.45) is 3.39. The molecule has 0 unspecified atom stereocenters. The number of ether oxygens (including phenoxy) is 2. The van der Waals surface area contributed by atoms with Crippen molar-refractivity contribution in [1.29, 1.82) is 5.26 Å². The van der Waals surface area contributed by atoms with Crippen molar-refractivity contribution in [2.24, 2.45) is 0 Å². The number of nitriles is 1. The highest BCUT2D eigenvalue weighted by Gasteiger charge is 2.19. The minimum Gasteiger partial charge on any atom is -0.459 e. The van der Waals surface area contributed by atoms with Crippen molar-refractivity contribution in [2.75, 3.05) is 13.2 Å². The molecule has 0 bridgehead atoms. The van der Waals surface area contributed by atoms with Gasteiger partial charge >= 0.3 is 5.97 Å². The van der Waals surface area contributed by atoms with Crippen molar-refractivity contribution < 1.29 is 14.3 Å². The highest BCUT2D eigenvalue weighted by Crippen LogP contribution is 2.13. The van der Waals surface area contributed by atoms with Gasteiger partial charge in [0.15, 0.2) is 0 Å². The van der Waals surface area contributed by atoms with Gasteiger partial charge in [0.05, 0.1) is 6.10 Å². The van der Waals surface area contributed by atoms with Gasteiger partial charge < -0.3 is 9.47 Å². The normalized spacial score (nSPS) is 18.9. The summed E-state index contributed by atoms with van der Waals surface area (Å²) >= 11 is 0.